The van der Waals surface area contributed by atoms with Crippen molar-refractivity contribution >= 4 is 5.82 Å². The van der Waals surface area contributed by atoms with Crippen molar-refractivity contribution in [2.75, 3.05) is 18.5 Å². The summed E-state index contributed by atoms with van der Waals surface area (Å²) in [6.07, 6.45) is -1.08. The Morgan fingerprint density at radius 1 is 1.14 bits per heavy atom. The van der Waals surface area contributed by atoms with E-state index in [0.717, 1.165) is 23.5 Å². The van der Waals surface area contributed by atoms with E-state index in [0.29, 0.717) is 18.0 Å². The number of aryl methyl sites for hydroxylation is 1. The fraction of sp³-hybridized carbons (Fsp3) is 0.500. The zero-order valence-corrected chi connectivity index (χ0v) is 16.6. The third-order valence-corrected chi connectivity index (χ3v) is 4.05. The Morgan fingerprint density at radius 2 is 1.89 bits per heavy atom. The van der Waals surface area contributed by atoms with E-state index < -0.39 is 12.8 Å². The van der Waals surface area contributed by atoms with Gasteiger partial charge in [0.2, 0.25) is 5.88 Å². The largest absolute Gasteiger partial charge is 0.468 e. The van der Waals surface area contributed by atoms with Crippen LogP contribution in [0.1, 0.15) is 43.5 Å². The summed E-state index contributed by atoms with van der Waals surface area (Å²) < 4.78 is 41.5. The Morgan fingerprint density at radius 3 is 2.54 bits per heavy atom. The van der Waals surface area contributed by atoms with Crippen LogP contribution in [-0.4, -0.2) is 29.3 Å². The standard InChI is InChI=1S/C20H27F3N4O/c1-13(2)9-26-18-8-17(5-6-24-18)15(4)25-10-16-7-14(3)19(27-11-16)28-12-20(21,22)23/h5-8,11,13,15,25H,9-10,12H2,1-4H3,(H,24,26). The number of alkyl halides is 3. The molecule has 1 unspecified atom stereocenters. The third kappa shape index (κ3) is 7.34. The summed E-state index contributed by atoms with van der Waals surface area (Å²) in [6.45, 7) is 8.04. The molecule has 2 heterocycles. The minimum Gasteiger partial charge on any atom is -0.468 e. The van der Waals surface area contributed by atoms with Gasteiger partial charge in [-0.1, -0.05) is 13.8 Å². The van der Waals surface area contributed by atoms with Crippen molar-refractivity contribution in [2.24, 2.45) is 5.92 Å². The number of nitrogens with zero attached hydrogens (tertiary/aromatic N) is 2. The second-order valence-corrected chi connectivity index (χ2v) is 7.22. The predicted octanol–water partition coefficient (Wildman–Crippen LogP) is 4.64. The minimum atomic E-state index is -4.38. The molecule has 0 aliphatic rings. The number of halogens is 3. The number of hydrogen-bond acceptors (Lipinski definition) is 5. The molecule has 0 bridgehead atoms. The molecule has 1 atom stereocenters. The molecule has 0 aliphatic carbocycles. The summed E-state index contributed by atoms with van der Waals surface area (Å²) in [6, 6.07) is 5.82. The van der Waals surface area contributed by atoms with E-state index in [9.17, 15) is 13.2 Å². The molecular weight excluding hydrogens is 369 g/mol. The third-order valence-electron chi connectivity index (χ3n) is 4.05. The van der Waals surface area contributed by atoms with Crippen LogP contribution >= 0.6 is 0 Å². The lowest BCUT2D eigenvalue weighted by atomic mass is 10.1. The monoisotopic (exact) mass is 396 g/mol. The molecule has 0 radical (unpaired) electrons. The summed E-state index contributed by atoms with van der Waals surface area (Å²) in [5.41, 5.74) is 2.53. The maximum atomic E-state index is 12.3. The van der Waals surface area contributed by atoms with E-state index in [1.807, 2.05) is 19.1 Å². The number of aromatic nitrogens is 2. The van der Waals surface area contributed by atoms with Crippen molar-refractivity contribution in [1.29, 1.82) is 0 Å². The van der Waals surface area contributed by atoms with Crippen LogP contribution in [0.15, 0.2) is 30.6 Å². The molecule has 0 amide bonds. The second kappa shape index (κ2) is 9.73. The lowest BCUT2D eigenvalue weighted by Gasteiger charge is -2.16. The Balaban J connectivity index is 1.92. The summed E-state index contributed by atoms with van der Waals surface area (Å²) >= 11 is 0. The van der Waals surface area contributed by atoms with Gasteiger partial charge in [0.25, 0.3) is 0 Å². The van der Waals surface area contributed by atoms with Crippen LogP contribution < -0.4 is 15.4 Å². The highest BCUT2D eigenvalue weighted by atomic mass is 19.4. The number of hydrogen-bond donors (Lipinski definition) is 2. The second-order valence-electron chi connectivity index (χ2n) is 7.22. The lowest BCUT2D eigenvalue weighted by Crippen LogP contribution is -2.20. The molecular formula is C20H27F3N4O. The first-order valence-electron chi connectivity index (χ1n) is 9.22. The highest BCUT2D eigenvalue weighted by molar-refractivity contribution is 5.38. The highest BCUT2D eigenvalue weighted by Gasteiger charge is 2.29. The quantitative estimate of drug-likeness (QED) is 0.646. The molecule has 2 N–H and O–H groups in total. The van der Waals surface area contributed by atoms with Gasteiger partial charge in [0.1, 0.15) is 5.82 Å². The molecule has 8 heteroatoms. The minimum absolute atomic E-state index is 0.00382. The van der Waals surface area contributed by atoms with Crippen LogP contribution in [0, 0.1) is 12.8 Å². The Hall–Kier alpha value is -2.35. The van der Waals surface area contributed by atoms with Gasteiger partial charge in [-0.2, -0.15) is 13.2 Å². The van der Waals surface area contributed by atoms with E-state index in [-0.39, 0.29) is 11.9 Å². The molecule has 0 aliphatic heterocycles. The molecule has 0 saturated heterocycles. The van der Waals surface area contributed by atoms with E-state index in [4.69, 9.17) is 4.74 Å². The molecule has 2 rings (SSSR count). The lowest BCUT2D eigenvalue weighted by molar-refractivity contribution is -0.154. The van der Waals surface area contributed by atoms with Crippen LogP contribution in [0.2, 0.25) is 0 Å². The summed E-state index contributed by atoms with van der Waals surface area (Å²) in [5, 5.41) is 6.70. The zero-order valence-electron chi connectivity index (χ0n) is 16.6. The molecule has 2 aromatic rings. The Labute approximate surface area is 163 Å². The van der Waals surface area contributed by atoms with Gasteiger partial charge in [-0.15, -0.1) is 0 Å². The fourth-order valence-corrected chi connectivity index (χ4v) is 2.53. The number of anilines is 1. The van der Waals surface area contributed by atoms with Crippen molar-refractivity contribution in [3.05, 3.63) is 47.3 Å². The van der Waals surface area contributed by atoms with Crippen molar-refractivity contribution < 1.29 is 17.9 Å². The molecule has 0 saturated carbocycles. The van der Waals surface area contributed by atoms with Gasteiger partial charge in [0.15, 0.2) is 6.61 Å². The first-order chi connectivity index (χ1) is 13.1. The Kier molecular flexibility index (Phi) is 7.62. The van der Waals surface area contributed by atoms with Gasteiger partial charge >= 0.3 is 6.18 Å². The van der Waals surface area contributed by atoms with Crippen LogP contribution in [0.4, 0.5) is 19.0 Å². The SMILES string of the molecule is Cc1cc(CNC(C)c2ccnc(NCC(C)C)c2)cnc1OCC(F)(F)F. The summed E-state index contributed by atoms with van der Waals surface area (Å²) in [4.78, 5) is 8.33. The van der Waals surface area contributed by atoms with Crippen LogP contribution in [0.25, 0.3) is 0 Å². The van der Waals surface area contributed by atoms with Gasteiger partial charge in [-0.05, 0) is 49.1 Å². The molecule has 0 spiro atoms. The molecule has 154 valence electrons. The first kappa shape index (κ1) is 21.9. The maximum absolute atomic E-state index is 12.3. The van der Waals surface area contributed by atoms with Crippen LogP contribution in [0.5, 0.6) is 5.88 Å². The van der Waals surface area contributed by atoms with E-state index in [1.165, 1.54) is 6.20 Å². The van der Waals surface area contributed by atoms with E-state index >= 15 is 0 Å². The van der Waals surface area contributed by atoms with Gasteiger partial charge in [-0.3, -0.25) is 0 Å². The van der Waals surface area contributed by atoms with Crippen molar-refractivity contribution in [2.45, 2.75) is 46.5 Å². The van der Waals surface area contributed by atoms with Crippen LogP contribution in [-0.2, 0) is 6.54 Å². The number of nitrogens with one attached hydrogen (secondary N) is 2. The zero-order chi connectivity index (χ0) is 20.7. The average molecular weight is 396 g/mol. The topological polar surface area (TPSA) is 59.1 Å². The smallest absolute Gasteiger partial charge is 0.422 e. The fourth-order valence-electron chi connectivity index (χ4n) is 2.53. The molecule has 0 fully saturated rings. The normalized spacial score (nSPS) is 12.9. The Bertz CT molecular complexity index is 765. The summed E-state index contributed by atoms with van der Waals surface area (Å²) in [5.74, 6) is 1.37. The molecule has 5 nitrogen and oxygen atoms in total. The first-order valence-corrected chi connectivity index (χ1v) is 9.22. The molecule has 28 heavy (non-hydrogen) atoms. The van der Waals surface area contributed by atoms with E-state index in [1.54, 1.807) is 19.2 Å². The van der Waals surface area contributed by atoms with Crippen molar-refractivity contribution in [3.8, 4) is 5.88 Å². The summed E-state index contributed by atoms with van der Waals surface area (Å²) in [7, 11) is 0. The van der Waals surface area contributed by atoms with Crippen molar-refractivity contribution in [3.63, 3.8) is 0 Å². The van der Waals surface area contributed by atoms with Gasteiger partial charge < -0.3 is 15.4 Å². The van der Waals surface area contributed by atoms with Gasteiger partial charge in [-0.25, -0.2) is 9.97 Å². The number of rotatable bonds is 9. The molecule has 0 aromatic carbocycles. The predicted molar refractivity (Wildman–Crippen MR) is 103 cm³/mol. The number of pyridine rings is 2. The molecule has 2 aromatic heterocycles. The number of ether oxygens (including phenoxy) is 1. The maximum Gasteiger partial charge on any atom is 0.422 e. The average Bonchev–Trinajstić information content (AvgIpc) is 2.63. The van der Waals surface area contributed by atoms with Crippen molar-refractivity contribution in [1.82, 2.24) is 15.3 Å². The van der Waals surface area contributed by atoms with E-state index in [2.05, 4.69) is 34.4 Å². The van der Waals surface area contributed by atoms with Gasteiger partial charge in [0, 0.05) is 37.1 Å². The van der Waals surface area contributed by atoms with Crippen LogP contribution in [0.3, 0.4) is 0 Å². The van der Waals surface area contributed by atoms with Gasteiger partial charge in [0.05, 0.1) is 0 Å². The highest BCUT2D eigenvalue weighted by Crippen LogP contribution is 2.21.